The van der Waals surface area contributed by atoms with Crippen molar-refractivity contribution < 1.29 is 0 Å². The highest BCUT2D eigenvalue weighted by Gasteiger charge is 2.22. The summed E-state index contributed by atoms with van der Waals surface area (Å²) in [5, 5.41) is 0. The van der Waals surface area contributed by atoms with Gasteiger partial charge in [-0.15, -0.1) is 0 Å². The summed E-state index contributed by atoms with van der Waals surface area (Å²) in [4.78, 5) is 9.93. The molecule has 1 aromatic rings. The van der Waals surface area contributed by atoms with Gasteiger partial charge in [-0.05, 0) is 31.5 Å². The topological polar surface area (TPSA) is 45.4 Å². The maximum atomic E-state index is 5.78. The van der Waals surface area contributed by atoms with Crippen LogP contribution in [0.2, 0.25) is 0 Å². The number of nitrogens with zero attached hydrogens (tertiary/aromatic N) is 3. The van der Waals surface area contributed by atoms with E-state index in [1.807, 2.05) is 18.3 Å². The van der Waals surface area contributed by atoms with Crippen LogP contribution in [0, 0.1) is 5.41 Å². The molecule has 1 fully saturated rings. The van der Waals surface area contributed by atoms with Gasteiger partial charge >= 0.3 is 0 Å². The Bertz CT molecular complexity index is 453. The van der Waals surface area contributed by atoms with Gasteiger partial charge in [0.2, 0.25) is 0 Å². The van der Waals surface area contributed by atoms with Crippen molar-refractivity contribution in [2.24, 2.45) is 11.1 Å². The SMILES string of the molecule is CC(C)(CCCN1CCN(c2ccccn2)CC1)C(N)=S. The molecule has 0 aromatic carbocycles. The van der Waals surface area contributed by atoms with Crippen LogP contribution in [0.3, 0.4) is 0 Å². The average Bonchev–Trinajstić information content (AvgIpc) is 2.48. The summed E-state index contributed by atoms with van der Waals surface area (Å²) in [5.74, 6) is 1.09. The lowest BCUT2D eigenvalue weighted by Gasteiger charge is -2.35. The minimum atomic E-state index is -0.0227. The van der Waals surface area contributed by atoms with Crippen LogP contribution in [-0.2, 0) is 0 Å². The molecule has 21 heavy (non-hydrogen) atoms. The summed E-state index contributed by atoms with van der Waals surface area (Å²) in [6.45, 7) is 9.70. The number of thiocarbonyl (C=S) groups is 1. The number of rotatable bonds is 6. The highest BCUT2D eigenvalue weighted by molar-refractivity contribution is 7.80. The van der Waals surface area contributed by atoms with E-state index in [1.165, 1.54) is 0 Å². The van der Waals surface area contributed by atoms with Gasteiger partial charge in [0.05, 0.1) is 4.99 Å². The van der Waals surface area contributed by atoms with Gasteiger partial charge in [0, 0.05) is 37.8 Å². The molecular formula is C16H26N4S. The summed E-state index contributed by atoms with van der Waals surface area (Å²) in [6.07, 6.45) is 4.07. The van der Waals surface area contributed by atoms with Crippen molar-refractivity contribution in [2.45, 2.75) is 26.7 Å². The molecule has 0 saturated carbocycles. The van der Waals surface area contributed by atoms with Gasteiger partial charge in [-0.25, -0.2) is 4.98 Å². The fraction of sp³-hybridized carbons (Fsp3) is 0.625. The largest absolute Gasteiger partial charge is 0.393 e. The molecule has 4 nitrogen and oxygen atoms in total. The van der Waals surface area contributed by atoms with Crippen LogP contribution in [0.15, 0.2) is 24.4 Å². The molecule has 0 unspecified atom stereocenters. The molecule has 2 rings (SSSR count). The first-order valence-electron chi connectivity index (χ1n) is 7.67. The second kappa shape index (κ2) is 7.18. The summed E-state index contributed by atoms with van der Waals surface area (Å²) in [6, 6.07) is 6.09. The Balaban J connectivity index is 1.71. The van der Waals surface area contributed by atoms with Gasteiger partial charge in [-0.2, -0.15) is 0 Å². The van der Waals surface area contributed by atoms with Crippen molar-refractivity contribution in [1.29, 1.82) is 0 Å². The lowest BCUT2D eigenvalue weighted by atomic mass is 9.88. The average molecular weight is 306 g/mol. The van der Waals surface area contributed by atoms with Crippen LogP contribution < -0.4 is 10.6 Å². The molecule has 0 aliphatic carbocycles. The summed E-state index contributed by atoms with van der Waals surface area (Å²) < 4.78 is 0. The number of pyridine rings is 1. The minimum Gasteiger partial charge on any atom is -0.393 e. The lowest BCUT2D eigenvalue weighted by molar-refractivity contribution is 0.244. The van der Waals surface area contributed by atoms with Crippen LogP contribution in [0.25, 0.3) is 0 Å². The zero-order valence-corrected chi connectivity index (χ0v) is 13.9. The van der Waals surface area contributed by atoms with E-state index >= 15 is 0 Å². The molecule has 0 bridgehead atoms. The third kappa shape index (κ3) is 4.64. The fourth-order valence-electron chi connectivity index (χ4n) is 2.61. The summed E-state index contributed by atoms with van der Waals surface area (Å²) in [5.41, 5.74) is 5.75. The van der Waals surface area contributed by atoms with Crippen LogP contribution in [-0.4, -0.2) is 47.6 Å². The van der Waals surface area contributed by atoms with Gasteiger partial charge in [-0.3, -0.25) is 4.90 Å². The quantitative estimate of drug-likeness (QED) is 0.817. The summed E-state index contributed by atoms with van der Waals surface area (Å²) >= 11 is 5.12. The van der Waals surface area contributed by atoms with E-state index in [0.29, 0.717) is 4.99 Å². The van der Waals surface area contributed by atoms with Crippen molar-refractivity contribution >= 4 is 23.0 Å². The van der Waals surface area contributed by atoms with E-state index in [9.17, 15) is 0 Å². The standard InChI is InChI=1S/C16H26N4S/c1-16(2,15(17)21)7-5-9-19-10-12-20(13-11-19)14-6-3-4-8-18-14/h3-4,6,8H,5,7,9-13H2,1-2H3,(H2,17,21). The van der Waals surface area contributed by atoms with Crippen molar-refractivity contribution in [3.05, 3.63) is 24.4 Å². The van der Waals surface area contributed by atoms with Crippen LogP contribution in [0.4, 0.5) is 5.82 Å². The minimum absolute atomic E-state index is 0.0227. The smallest absolute Gasteiger partial charge is 0.128 e. The summed E-state index contributed by atoms with van der Waals surface area (Å²) in [7, 11) is 0. The number of piperazine rings is 1. The highest BCUT2D eigenvalue weighted by Crippen LogP contribution is 2.23. The fourth-order valence-corrected chi connectivity index (χ4v) is 2.71. The molecule has 2 heterocycles. The maximum absolute atomic E-state index is 5.78. The first kappa shape index (κ1) is 16.2. The normalized spacial score (nSPS) is 17.0. The Hall–Kier alpha value is -1.20. The number of nitrogens with two attached hydrogens (primary N) is 1. The third-order valence-electron chi connectivity index (χ3n) is 4.29. The predicted molar refractivity (Wildman–Crippen MR) is 92.7 cm³/mol. The zero-order chi connectivity index (χ0) is 15.3. The van der Waals surface area contributed by atoms with Gasteiger partial charge in [0.25, 0.3) is 0 Å². The number of hydrogen-bond donors (Lipinski definition) is 1. The van der Waals surface area contributed by atoms with Crippen molar-refractivity contribution in [1.82, 2.24) is 9.88 Å². The van der Waals surface area contributed by atoms with Crippen molar-refractivity contribution in [2.75, 3.05) is 37.6 Å². The molecule has 0 amide bonds. The van der Waals surface area contributed by atoms with Gasteiger partial charge in [0.1, 0.15) is 5.82 Å². The van der Waals surface area contributed by atoms with Gasteiger partial charge in [-0.1, -0.05) is 32.1 Å². The van der Waals surface area contributed by atoms with E-state index in [-0.39, 0.29) is 5.41 Å². The molecule has 1 aliphatic heterocycles. The van der Waals surface area contributed by atoms with Gasteiger partial charge < -0.3 is 10.6 Å². The Kier molecular flexibility index (Phi) is 5.53. The molecule has 0 radical (unpaired) electrons. The molecule has 116 valence electrons. The molecule has 5 heteroatoms. The predicted octanol–water partition coefficient (Wildman–Crippen LogP) is 2.30. The molecule has 0 atom stereocenters. The van der Waals surface area contributed by atoms with Crippen LogP contribution in [0.5, 0.6) is 0 Å². The van der Waals surface area contributed by atoms with E-state index in [0.717, 1.165) is 51.4 Å². The Morgan fingerprint density at radius 3 is 2.57 bits per heavy atom. The van der Waals surface area contributed by atoms with E-state index < -0.39 is 0 Å². The van der Waals surface area contributed by atoms with Crippen molar-refractivity contribution in [3.63, 3.8) is 0 Å². The number of hydrogen-bond acceptors (Lipinski definition) is 4. The highest BCUT2D eigenvalue weighted by atomic mass is 32.1. The monoisotopic (exact) mass is 306 g/mol. The first-order chi connectivity index (χ1) is 9.99. The third-order valence-corrected chi connectivity index (χ3v) is 4.84. The molecule has 2 N–H and O–H groups in total. The first-order valence-corrected chi connectivity index (χ1v) is 8.08. The van der Waals surface area contributed by atoms with E-state index in [4.69, 9.17) is 18.0 Å². The van der Waals surface area contributed by atoms with Crippen LogP contribution in [0.1, 0.15) is 26.7 Å². The second-order valence-electron chi connectivity index (χ2n) is 6.37. The Morgan fingerprint density at radius 1 is 1.29 bits per heavy atom. The molecular weight excluding hydrogens is 280 g/mol. The molecule has 0 spiro atoms. The Morgan fingerprint density at radius 2 is 2.00 bits per heavy atom. The number of aromatic nitrogens is 1. The lowest BCUT2D eigenvalue weighted by Crippen LogP contribution is -2.47. The zero-order valence-electron chi connectivity index (χ0n) is 13.1. The molecule has 1 aliphatic rings. The number of anilines is 1. The van der Waals surface area contributed by atoms with Crippen molar-refractivity contribution in [3.8, 4) is 0 Å². The Labute approximate surface area is 133 Å². The molecule has 1 saturated heterocycles. The van der Waals surface area contributed by atoms with E-state index in [1.54, 1.807) is 0 Å². The van der Waals surface area contributed by atoms with Gasteiger partial charge in [0.15, 0.2) is 0 Å². The van der Waals surface area contributed by atoms with Crippen LogP contribution >= 0.6 is 12.2 Å². The maximum Gasteiger partial charge on any atom is 0.128 e. The molecule has 1 aromatic heterocycles. The van der Waals surface area contributed by atoms with E-state index in [2.05, 4.69) is 34.7 Å². The second-order valence-corrected chi connectivity index (χ2v) is 6.81.